The molecule has 1 rings (SSSR count). The Morgan fingerprint density at radius 3 is 2.43 bits per heavy atom. The molecule has 0 saturated carbocycles. The van der Waals surface area contributed by atoms with Crippen LogP contribution in [-0.2, 0) is 4.74 Å². The van der Waals surface area contributed by atoms with Crippen LogP contribution < -0.4 is 0 Å². The van der Waals surface area contributed by atoms with Crippen molar-refractivity contribution in [2.45, 2.75) is 32.7 Å². The van der Waals surface area contributed by atoms with E-state index in [0.29, 0.717) is 11.5 Å². The Kier molecular flexibility index (Phi) is 4.74. The van der Waals surface area contributed by atoms with Gasteiger partial charge < -0.3 is 9.64 Å². The van der Waals surface area contributed by atoms with E-state index >= 15 is 0 Å². The highest BCUT2D eigenvalue weighted by Crippen LogP contribution is 2.21. The summed E-state index contributed by atoms with van der Waals surface area (Å²) in [6, 6.07) is 0.711. The van der Waals surface area contributed by atoms with Crippen LogP contribution in [0.3, 0.4) is 0 Å². The molecule has 0 aliphatic carbocycles. The van der Waals surface area contributed by atoms with Crippen LogP contribution in [0.5, 0.6) is 0 Å². The van der Waals surface area contributed by atoms with Gasteiger partial charge >= 0.3 is 0 Å². The molecule has 1 aliphatic heterocycles. The topological polar surface area (TPSA) is 12.5 Å². The Balaban J connectivity index is 2.36. The van der Waals surface area contributed by atoms with Crippen molar-refractivity contribution in [3.63, 3.8) is 0 Å². The molecule has 0 unspecified atom stereocenters. The van der Waals surface area contributed by atoms with Crippen molar-refractivity contribution >= 4 is 12.6 Å². The molecule has 0 aromatic rings. The molecule has 1 aliphatic rings. The predicted octanol–water partition coefficient (Wildman–Crippen LogP) is 2.05. The highest BCUT2D eigenvalue weighted by Gasteiger charge is 2.24. The summed E-state index contributed by atoms with van der Waals surface area (Å²) >= 11 is 4.39. The average molecular weight is 217 g/mol. The minimum Gasteiger partial charge on any atom is -0.381 e. The lowest BCUT2D eigenvalue weighted by atomic mass is 9.94. The lowest BCUT2D eigenvalue weighted by Gasteiger charge is -2.36. The summed E-state index contributed by atoms with van der Waals surface area (Å²) in [5, 5.41) is 0. The van der Waals surface area contributed by atoms with Crippen molar-refractivity contribution in [3.8, 4) is 0 Å². The third kappa shape index (κ3) is 3.79. The van der Waals surface area contributed by atoms with Gasteiger partial charge in [0.1, 0.15) is 0 Å². The number of hydrogen-bond acceptors (Lipinski definition) is 3. The molecule has 1 heterocycles. The first kappa shape index (κ1) is 12.3. The fourth-order valence-electron chi connectivity index (χ4n) is 1.98. The van der Waals surface area contributed by atoms with Gasteiger partial charge in [0.25, 0.3) is 0 Å². The van der Waals surface area contributed by atoms with Crippen LogP contribution in [-0.4, -0.2) is 43.5 Å². The van der Waals surface area contributed by atoms with E-state index in [-0.39, 0.29) is 0 Å². The molecule has 0 radical (unpaired) electrons. The van der Waals surface area contributed by atoms with E-state index in [1.54, 1.807) is 0 Å². The molecule has 0 aromatic heterocycles. The predicted molar refractivity (Wildman–Crippen MR) is 64.1 cm³/mol. The molecule has 2 nitrogen and oxygen atoms in total. The number of rotatable bonds is 4. The molecule has 0 N–H and O–H groups in total. The molecule has 0 amide bonds. The first-order chi connectivity index (χ1) is 6.55. The van der Waals surface area contributed by atoms with Crippen LogP contribution in [0.2, 0.25) is 0 Å². The smallest absolute Gasteiger partial charge is 0.0480 e. The second kappa shape index (κ2) is 5.38. The van der Waals surface area contributed by atoms with Crippen molar-refractivity contribution in [2.24, 2.45) is 5.41 Å². The van der Waals surface area contributed by atoms with Crippen LogP contribution in [0.15, 0.2) is 0 Å². The van der Waals surface area contributed by atoms with Crippen LogP contribution in [0.1, 0.15) is 26.7 Å². The van der Waals surface area contributed by atoms with Gasteiger partial charge in [-0.25, -0.2) is 0 Å². The number of thiol groups is 1. The monoisotopic (exact) mass is 217 g/mol. The molecular weight excluding hydrogens is 194 g/mol. The Bertz CT molecular complexity index is 167. The van der Waals surface area contributed by atoms with Crippen LogP contribution >= 0.6 is 12.6 Å². The third-order valence-corrected chi connectivity index (χ3v) is 3.78. The van der Waals surface area contributed by atoms with Crippen molar-refractivity contribution < 1.29 is 4.74 Å². The highest BCUT2D eigenvalue weighted by molar-refractivity contribution is 7.80. The van der Waals surface area contributed by atoms with Crippen LogP contribution in [0, 0.1) is 5.41 Å². The van der Waals surface area contributed by atoms with Crippen molar-refractivity contribution in [2.75, 3.05) is 32.6 Å². The zero-order valence-electron chi connectivity index (χ0n) is 9.62. The van der Waals surface area contributed by atoms with E-state index in [0.717, 1.165) is 25.5 Å². The Morgan fingerprint density at radius 2 is 1.93 bits per heavy atom. The van der Waals surface area contributed by atoms with Crippen LogP contribution in [0.25, 0.3) is 0 Å². The number of nitrogens with zero attached hydrogens (tertiary/aromatic N) is 1. The summed E-state index contributed by atoms with van der Waals surface area (Å²) in [5.74, 6) is 0.945. The van der Waals surface area contributed by atoms with Gasteiger partial charge in [-0.1, -0.05) is 13.8 Å². The van der Waals surface area contributed by atoms with E-state index in [1.807, 2.05) is 0 Å². The van der Waals surface area contributed by atoms with Gasteiger partial charge in [-0.2, -0.15) is 12.6 Å². The SMILES string of the molecule is CN(CC(C)(C)CS)C1CCOCC1. The normalized spacial score (nSPS) is 20.4. The minimum atomic E-state index is 0.316. The molecular formula is C11H23NOS. The summed E-state index contributed by atoms with van der Waals surface area (Å²) in [6.45, 7) is 7.53. The van der Waals surface area contributed by atoms with Crippen molar-refractivity contribution in [1.82, 2.24) is 4.90 Å². The number of ether oxygens (including phenoxy) is 1. The van der Waals surface area contributed by atoms with E-state index in [9.17, 15) is 0 Å². The summed E-state index contributed by atoms with van der Waals surface area (Å²) in [5.41, 5.74) is 0.316. The standard InChI is InChI=1S/C11H23NOS/c1-11(2,9-14)8-12(3)10-4-6-13-7-5-10/h10,14H,4-9H2,1-3H3. The molecule has 3 heteroatoms. The zero-order chi connectivity index (χ0) is 10.6. The first-order valence-corrected chi connectivity index (χ1v) is 6.07. The van der Waals surface area contributed by atoms with Gasteiger partial charge in [0.05, 0.1) is 0 Å². The van der Waals surface area contributed by atoms with E-state index in [4.69, 9.17) is 4.74 Å². The maximum atomic E-state index is 5.36. The summed E-state index contributed by atoms with van der Waals surface area (Å²) in [4.78, 5) is 2.47. The lowest BCUT2D eigenvalue weighted by Crippen LogP contribution is -2.42. The zero-order valence-corrected chi connectivity index (χ0v) is 10.5. The van der Waals surface area contributed by atoms with Gasteiger partial charge in [-0.3, -0.25) is 0 Å². The van der Waals surface area contributed by atoms with Crippen molar-refractivity contribution in [3.05, 3.63) is 0 Å². The van der Waals surface area contributed by atoms with Gasteiger partial charge in [-0.15, -0.1) is 0 Å². The van der Waals surface area contributed by atoms with Crippen LogP contribution in [0.4, 0.5) is 0 Å². The molecule has 0 bridgehead atoms. The number of hydrogen-bond donors (Lipinski definition) is 1. The van der Waals surface area contributed by atoms with E-state index in [1.165, 1.54) is 12.8 Å². The molecule has 84 valence electrons. The second-order valence-electron chi connectivity index (χ2n) is 5.08. The molecule has 0 atom stereocenters. The molecule has 0 spiro atoms. The molecule has 1 fully saturated rings. The first-order valence-electron chi connectivity index (χ1n) is 5.44. The quantitative estimate of drug-likeness (QED) is 0.724. The van der Waals surface area contributed by atoms with Gasteiger partial charge in [0.15, 0.2) is 0 Å². The van der Waals surface area contributed by atoms with Gasteiger partial charge in [-0.05, 0) is 31.1 Å². The van der Waals surface area contributed by atoms with Crippen molar-refractivity contribution in [1.29, 1.82) is 0 Å². The lowest BCUT2D eigenvalue weighted by molar-refractivity contribution is 0.0336. The largest absolute Gasteiger partial charge is 0.381 e. The fraction of sp³-hybridized carbons (Fsp3) is 1.00. The fourth-order valence-corrected chi connectivity index (χ4v) is 2.08. The minimum absolute atomic E-state index is 0.316. The van der Waals surface area contributed by atoms with E-state index < -0.39 is 0 Å². The molecule has 1 saturated heterocycles. The summed E-state index contributed by atoms with van der Waals surface area (Å²) in [6.07, 6.45) is 2.36. The maximum absolute atomic E-state index is 5.36. The molecule has 0 aromatic carbocycles. The Labute approximate surface area is 93.4 Å². The Hall–Kier alpha value is 0.270. The maximum Gasteiger partial charge on any atom is 0.0480 e. The third-order valence-electron chi connectivity index (χ3n) is 2.92. The summed E-state index contributed by atoms with van der Waals surface area (Å²) < 4.78 is 5.36. The van der Waals surface area contributed by atoms with Gasteiger partial charge in [0.2, 0.25) is 0 Å². The highest BCUT2D eigenvalue weighted by atomic mass is 32.1. The van der Waals surface area contributed by atoms with Gasteiger partial charge in [0, 0.05) is 25.8 Å². The molecule has 14 heavy (non-hydrogen) atoms. The van der Waals surface area contributed by atoms with E-state index in [2.05, 4.69) is 38.4 Å². The Morgan fingerprint density at radius 1 is 1.36 bits per heavy atom. The average Bonchev–Trinajstić information content (AvgIpc) is 2.19. The second-order valence-corrected chi connectivity index (χ2v) is 5.40. The summed E-state index contributed by atoms with van der Waals surface area (Å²) in [7, 11) is 2.22.